The van der Waals surface area contributed by atoms with Crippen molar-refractivity contribution in [3.63, 3.8) is 0 Å². The highest BCUT2D eigenvalue weighted by atomic mass is 31.2. The molecule has 1 amide bonds. The molecule has 6 nitrogen and oxygen atoms in total. The molecule has 1 atom stereocenters. The van der Waals surface area contributed by atoms with Crippen molar-refractivity contribution in [1.82, 2.24) is 5.06 Å². The lowest BCUT2D eigenvalue weighted by Crippen LogP contribution is -2.21. The van der Waals surface area contributed by atoms with Crippen LogP contribution in [0, 0.1) is 0 Å². The Bertz CT molecular complexity index is 191. The fraction of sp³-hybridized carbons (Fsp3) is 0.750. The van der Waals surface area contributed by atoms with Gasteiger partial charge in [-0.1, -0.05) is 0 Å². The second-order valence-corrected chi connectivity index (χ2v) is 3.43. The van der Waals surface area contributed by atoms with Crippen molar-refractivity contribution >= 4 is 13.2 Å². The number of hydrogen-bond donors (Lipinski definition) is 2. The summed E-state index contributed by atoms with van der Waals surface area (Å²) in [4.78, 5) is 19.3. The third-order valence-corrected chi connectivity index (χ3v) is 2.20. The van der Waals surface area contributed by atoms with Crippen molar-refractivity contribution in [3.05, 3.63) is 0 Å². The molecule has 66 valence electrons. The van der Waals surface area contributed by atoms with E-state index in [0.717, 1.165) is 7.05 Å². The number of amides is 1. The quantitative estimate of drug-likeness (QED) is 0.381. The molecule has 1 unspecified atom stereocenters. The average Bonchev–Trinajstić information content (AvgIpc) is 1.86. The first-order chi connectivity index (χ1) is 4.91. The van der Waals surface area contributed by atoms with E-state index in [1.54, 1.807) is 0 Å². The van der Waals surface area contributed by atoms with Crippen molar-refractivity contribution in [1.29, 1.82) is 0 Å². The van der Waals surface area contributed by atoms with E-state index in [-0.39, 0.29) is 11.7 Å². The van der Waals surface area contributed by atoms with Gasteiger partial charge in [-0.05, 0) is 6.92 Å². The standard InChI is InChI=1S/C4H10NO5P/c1-3-10-11(8,9)4(6)5(2)7/h7H,3H2,1-2H3,(H,8,9). The van der Waals surface area contributed by atoms with Crippen LogP contribution < -0.4 is 0 Å². The fourth-order valence-electron chi connectivity index (χ4n) is 0.413. The lowest BCUT2D eigenvalue weighted by atomic mass is 10.9. The van der Waals surface area contributed by atoms with Gasteiger partial charge in [0.15, 0.2) is 0 Å². The van der Waals surface area contributed by atoms with Crippen molar-refractivity contribution in [3.8, 4) is 0 Å². The van der Waals surface area contributed by atoms with Gasteiger partial charge in [0, 0.05) is 7.05 Å². The van der Waals surface area contributed by atoms with Crippen LogP contribution in [0.25, 0.3) is 0 Å². The van der Waals surface area contributed by atoms with Crippen LogP contribution >= 0.6 is 7.60 Å². The molecule has 0 rings (SSSR count). The molecule has 0 aliphatic heterocycles. The molecule has 0 radical (unpaired) electrons. The molecule has 0 saturated heterocycles. The molecule has 0 heterocycles. The van der Waals surface area contributed by atoms with Crippen molar-refractivity contribution in [2.24, 2.45) is 0 Å². The highest BCUT2D eigenvalue weighted by molar-refractivity contribution is 7.70. The minimum Gasteiger partial charge on any atom is -0.318 e. The third kappa shape index (κ3) is 2.98. The minimum absolute atomic E-state index is 0.0242. The van der Waals surface area contributed by atoms with Gasteiger partial charge >= 0.3 is 13.2 Å². The Morgan fingerprint density at radius 2 is 2.18 bits per heavy atom. The summed E-state index contributed by atoms with van der Waals surface area (Å²) in [6, 6.07) is 0. The lowest BCUT2D eigenvalue weighted by molar-refractivity contribution is -0.00938. The Hall–Kier alpha value is -0.420. The molecule has 0 aromatic rings. The average molecular weight is 183 g/mol. The van der Waals surface area contributed by atoms with Crippen LogP contribution in [-0.2, 0) is 9.09 Å². The van der Waals surface area contributed by atoms with E-state index in [0.29, 0.717) is 0 Å². The summed E-state index contributed by atoms with van der Waals surface area (Å²) in [7, 11) is -3.35. The van der Waals surface area contributed by atoms with Crippen LogP contribution in [0.15, 0.2) is 0 Å². The maximum Gasteiger partial charge on any atom is 0.418 e. The highest BCUT2D eigenvalue weighted by Crippen LogP contribution is 2.43. The molecule has 7 heteroatoms. The van der Waals surface area contributed by atoms with E-state index in [4.69, 9.17) is 10.1 Å². The molecule has 0 fully saturated rings. The van der Waals surface area contributed by atoms with Gasteiger partial charge in [-0.2, -0.15) is 0 Å². The molecule has 0 aliphatic carbocycles. The summed E-state index contributed by atoms with van der Waals surface area (Å²) in [5, 5.41) is 8.48. The number of carbonyl (C=O) groups excluding carboxylic acids is 1. The number of carbonyl (C=O) groups is 1. The normalized spacial score (nSPS) is 15.6. The number of rotatable bonds is 3. The van der Waals surface area contributed by atoms with Gasteiger partial charge in [0.2, 0.25) is 0 Å². The van der Waals surface area contributed by atoms with Crippen LogP contribution in [0.5, 0.6) is 0 Å². The molecule has 0 bridgehead atoms. The summed E-state index contributed by atoms with van der Waals surface area (Å²) < 4.78 is 14.9. The van der Waals surface area contributed by atoms with Crippen molar-refractivity contribution in [2.75, 3.05) is 13.7 Å². The molecule has 11 heavy (non-hydrogen) atoms. The van der Waals surface area contributed by atoms with Gasteiger partial charge in [0.25, 0.3) is 0 Å². The second kappa shape index (κ2) is 3.82. The number of hydrogen-bond acceptors (Lipinski definition) is 4. The van der Waals surface area contributed by atoms with Crippen LogP contribution in [-0.4, -0.2) is 34.5 Å². The Morgan fingerprint density at radius 3 is 2.45 bits per heavy atom. The van der Waals surface area contributed by atoms with Crippen molar-refractivity contribution in [2.45, 2.75) is 6.92 Å². The number of hydroxylamine groups is 2. The Kier molecular flexibility index (Phi) is 3.68. The van der Waals surface area contributed by atoms with Gasteiger partial charge in [0.05, 0.1) is 6.61 Å². The summed E-state index contributed by atoms with van der Waals surface area (Å²) in [5.41, 5.74) is -1.33. The van der Waals surface area contributed by atoms with Crippen LogP contribution in [0.4, 0.5) is 4.79 Å². The van der Waals surface area contributed by atoms with Gasteiger partial charge in [0.1, 0.15) is 0 Å². The predicted molar refractivity (Wildman–Crippen MR) is 36.4 cm³/mol. The van der Waals surface area contributed by atoms with E-state index >= 15 is 0 Å². The fourth-order valence-corrected chi connectivity index (χ4v) is 1.24. The molecular formula is C4H10NO5P. The Labute approximate surface area is 63.9 Å². The smallest absolute Gasteiger partial charge is 0.318 e. The SMILES string of the molecule is CCOP(=O)(O)C(=O)N(C)O. The zero-order chi connectivity index (χ0) is 9.07. The van der Waals surface area contributed by atoms with E-state index in [9.17, 15) is 9.36 Å². The summed E-state index contributed by atoms with van der Waals surface area (Å²) in [5.74, 6) is 0. The zero-order valence-electron chi connectivity index (χ0n) is 6.22. The molecule has 0 aromatic heterocycles. The largest absolute Gasteiger partial charge is 0.418 e. The Balaban J connectivity index is 4.31. The lowest BCUT2D eigenvalue weighted by Gasteiger charge is -2.12. The van der Waals surface area contributed by atoms with E-state index in [1.807, 2.05) is 0 Å². The third-order valence-electron chi connectivity index (χ3n) is 0.823. The van der Waals surface area contributed by atoms with E-state index in [2.05, 4.69) is 4.52 Å². The summed E-state index contributed by atoms with van der Waals surface area (Å²) >= 11 is 0. The first-order valence-electron chi connectivity index (χ1n) is 2.86. The van der Waals surface area contributed by atoms with E-state index in [1.165, 1.54) is 6.92 Å². The summed E-state index contributed by atoms with van der Waals surface area (Å²) in [6.07, 6.45) is 0. The first kappa shape index (κ1) is 10.6. The monoisotopic (exact) mass is 183 g/mol. The van der Waals surface area contributed by atoms with Gasteiger partial charge in [-0.25, -0.2) is 9.63 Å². The molecule has 2 N–H and O–H groups in total. The van der Waals surface area contributed by atoms with Gasteiger partial charge in [-0.3, -0.25) is 10.0 Å². The topological polar surface area (TPSA) is 87.1 Å². The Morgan fingerprint density at radius 1 is 1.73 bits per heavy atom. The molecule has 0 aliphatic rings. The molecular weight excluding hydrogens is 173 g/mol. The van der Waals surface area contributed by atoms with Crippen LogP contribution in [0.2, 0.25) is 0 Å². The maximum absolute atomic E-state index is 10.7. The van der Waals surface area contributed by atoms with Crippen molar-refractivity contribution < 1.29 is 24.0 Å². The first-order valence-corrected chi connectivity index (χ1v) is 4.44. The highest BCUT2D eigenvalue weighted by Gasteiger charge is 2.32. The number of nitrogens with zero attached hydrogens (tertiary/aromatic N) is 1. The van der Waals surface area contributed by atoms with Gasteiger partial charge in [-0.15, -0.1) is 0 Å². The molecule has 0 saturated carbocycles. The van der Waals surface area contributed by atoms with Crippen LogP contribution in [0.1, 0.15) is 6.92 Å². The second-order valence-electron chi connectivity index (χ2n) is 1.74. The molecule has 0 aromatic carbocycles. The predicted octanol–water partition coefficient (Wildman–Crippen LogP) is 0.649. The molecule has 0 spiro atoms. The maximum atomic E-state index is 10.7. The van der Waals surface area contributed by atoms with E-state index < -0.39 is 13.2 Å². The summed E-state index contributed by atoms with van der Waals surface area (Å²) in [6.45, 7) is 1.40. The minimum atomic E-state index is -4.30. The van der Waals surface area contributed by atoms with Gasteiger partial charge < -0.3 is 9.42 Å². The van der Waals surface area contributed by atoms with Crippen LogP contribution in [0.3, 0.4) is 0 Å². The zero-order valence-corrected chi connectivity index (χ0v) is 7.12.